The average molecular weight is 404 g/mol. The van der Waals surface area contributed by atoms with Crippen LogP contribution in [-0.2, 0) is 6.42 Å². The summed E-state index contributed by atoms with van der Waals surface area (Å²) < 4.78 is 1.82. The molecular weight excluding hydrogens is 374 g/mol. The van der Waals surface area contributed by atoms with E-state index in [2.05, 4.69) is 42.6 Å². The van der Waals surface area contributed by atoms with Crippen LogP contribution in [0.4, 0.5) is 0 Å². The van der Waals surface area contributed by atoms with Gasteiger partial charge in [0.1, 0.15) is 0 Å². The van der Waals surface area contributed by atoms with Crippen molar-refractivity contribution in [1.82, 2.24) is 20.1 Å². The molecule has 6 nitrogen and oxygen atoms in total. The van der Waals surface area contributed by atoms with Gasteiger partial charge in [-0.1, -0.05) is 39.5 Å². The first-order valence-corrected chi connectivity index (χ1v) is 10.5. The molecule has 3 atom stereocenters. The third kappa shape index (κ3) is 3.62. The van der Waals surface area contributed by atoms with Crippen LogP contribution in [0.1, 0.15) is 73.5 Å². The van der Waals surface area contributed by atoms with E-state index in [0.29, 0.717) is 23.4 Å². The van der Waals surface area contributed by atoms with Gasteiger partial charge in [0.2, 0.25) is 0 Å². The summed E-state index contributed by atoms with van der Waals surface area (Å²) in [5.74, 6) is 1.58. The fourth-order valence-electron chi connectivity index (χ4n) is 4.30. The number of aromatic nitrogens is 3. The van der Waals surface area contributed by atoms with Crippen molar-refractivity contribution in [1.29, 1.82) is 0 Å². The highest BCUT2D eigenvalue weighted by molar-refractivity contribution is 5.99. The number of hydrogen-bond donors (Lipinski definition) is 1. The summed E-state index contributed by atoms with van der Waals surface area (Å²) in [5.41, 5.74) is 3.32. The Morgan fingerprint density at radius 1 is 1.40 bits per heavy atom. The monoisotopic (exact) mass is 403 g/mol. The molecule has 0 bridgehead atoms. The number of pyridine rings is 1. The Balaban J connectivity index is 1.71. The van der Waals surface area contributed by atoms with Gasteiger partial charge < -0.3 is 5.32 Å². The lowest BCUT2D eigenvalue weighted by molar-refractivity contribution is 0.0893. The van der Waals surface area contributed by atoms with Gasteiger partial charge in [-0.15, -0.1) is 0 Å². The summed E-state index contributed by atoms with van der Waals surface area (Å²) >= 11 is 0. The SMILES string of the molecule is C=C/C(=N\C=C/C)n1nc(C(=O)N[C@H](c2ccccn2)C(C)(C)C)c2c1[C@H]1C[C@H]1C2. The number of nitrogens with zero attached hydrogens (tertiary/aromatic N) is 4. The highest BCUT2D eigenvalue weighted by Gasteiger charge is 2.50. The van der Waals surface area contributed by atoms with Gasteiger partial charge in [0.25, 0.3) is 5.91 Å². The molecule has 0 spiro atoms. The van der Waals surface area contributed by atoms with E-state index in [-0.39, 0.29) is 17.4 Å². The number of allylic oxidation sites excluding steroid dienone is 2. The number of fused-ring (bicyclic) bond motifs is 3. The smallest absolute Gasteiger partial charge is 0.272 e. The lowest BCUT2D eigenvalue weighted by Gasteiger charge is -2.30. The van der Waals surface area contributed by atoms with Gasteiger partial charge in [-0.2, -0.15) is 5.10 Å². The zero-order chi connectivity index (χ0) is 21.5. The molecule has 0 saturated heterocycles. The summed E-state index contributed by atoms with van der Waals surface area (Å²) in [6, 6.07) is 5.56. The Morgan fingerprint density at radius 3 is 2.83 bits per heavy atom. The van der Waals surface area contributed by atoms with Gasteiger partial charge in [-0.3, -0.25) is 9.78 Å². The van der Waals surface area contributed by atoms with Gasteiger partial charge in [0, 0.05) is 23.9 Å². The third-order valence-electron chi connectivity index (χ3n) is 5.86. The molecule has 2 aromatic rings. The van der Waals surface area contributed by atoms with Crippen LogP contribution in [0, 0.1) is 11.3 Å². The van der Waals surface area contributed by atoms with Crippen LogP contribution in [-0.4, -0.2) is 26.5 Å². The summed E-state index contributed by atoms with van der Waals surface area (Å²) in [5, 5.41) is 7.92. The largest absolute Gasteiger partial charge is 0.342 e. The van der Waals surface area contributed by atoms with Gasteiger partial charge in [0.15, 0.2) is 11.5 Å². The maximum Gasteiger partial charge on any atom is 0.272 e. The number of hydrogen-bond acceptors (Lipinski definition) is 4. The van der Waals surface area contributed by atoms with Crippen LogP contribution in [0.25, 0.3) is 0 Å². The molecule has 6 heteroatoms. The first kappa shape index (κ1) is 20.3. The first-order valence-electron chi connectivity index (χ1n) is 10.5. The van der Waals surface area contributed by atoms with Crippen LogP contribution < -0.4 is 5.32 Å². The molecule has 156 valence electrons. The third-order valence-corrected chi connectivity index (χ3v) is 5.86. The molecule has 0 aromatic carbocycles. The molecule has 4 rings (SSSR count). The van der Waals surface area contributed by atoms with Crippen molar-refractivity contribution < 1.29 is 4.79 Å². The van der Waals surface area contributed by atoms with Crippen molar-refractivity contribution in [3.63, 3.8) is 0 Å². The predicted octanol–water partition coefficient (Wildman–Crippen LogP) is 4.42. The second-order valence-corrected chi connectivity index (χ2v) is 9.13. The lowest BCUT2D eigenvalue weighted by atomic mass is 9.84. The van der Waals surface area contributed by atoms with Crippen molar-refractivity contribution in [2.75, 3.05) is 0 Å². The second kappa shape index (κ2) is 7.67. The fraction of sp³-hybridized carbons (Fsp3) is 0.417. The highest BCUT2D eigenvalue weighted by atomic mass is 16.2. The fourth-order valence-corrected chi connectivity index (χ4v) is 4.30. The number of carbonyl (C=O) groups is 1. The Bertz CT molecular complexity index is 1030. The van der Waals surface area contributed by atoms with E-state index < -0.39 is 0 Å². The normalized spacial score (nSPS) is 21.3. The standard InChI is InChI=1S/C24H29N5O/c1-6-11-26-19(7-2)29-21-16-13-15(16)14-17(21)20(28-29)23(30)27-22(24(3,4)5)18-10-8-9-12-25-18/h6-12,15-16,22H,2,13-14H2,1,3-5H3,(H,27,30)/b11-6-,26-19+/t15-,16-,22+/m0/s1. The molecule has 2 aliphatic rings. The summed E-state index contributed by atoms with van der Waals surface area (Å²) in [7, 11) is 0. The molecule has 1 amide bonds. The quantitative estimate of drug-likeness (QED) is 0.593. The number of nitrogens with one attached hydrogen (secondary N) is 1. The van der Waals surface area contributed by atoms with Gasteiger partial charge in [-0.05, 0) is 49.3 Å². The molecule has 0 unspecified atom stereocenters. The van der Waals surface area contributed by atoms with Crippen LogP contribution >= 0.6 is 0 Å². The zero-order valence-electron chi connectivity index (χ0n) is 18.1. The average Bonchev–Trinajstić information content (AvgIpc) is 3.22. The lowest BCUT2D eigenvalue weighted by Crippen LogP contribution is -2.37. The first-order chi connectivity index (χ1) is 14.3. The Hall–Kier alpha value is -3.02. The molecular formula is C24H29N5O. The minimum atomic E-state index is -0.224. The van der Waals surface area contributed by atoms with Crippen molar-refractivity contribution in [2.45, 2.75) is 52.5 Å². The van der Waals surface area contributed by atoms with E-state index in [1.54, 1.807) is 18.5 Å². The molecule has 2 aliphatic carbocycles. The van der Waals surface area contributed by atoms with Crippen molar-refractivity contribution in [2.24, 2.45) is 16.3 Å². The number of rotatable bonds is 5. The minimum absolute atomic E-state index is 0.161. The second-order valence-electron chi connectivity index (χ2n) is 9.13. The van der Waals surface area contributed by atoms with Crippen molar-refractivity contribution >= 4 is 11.7 Å². The highest BCUT2D eigenvalue weighted by Crippen LogP contribution is 2.57. The van der Waals surface area contributed by atoms with Gasteiger partial charge >= 0.3 is 0 Å². The molecule has 2 aromatic heterocycles. The van der Waals surface area contributed by atoms with Crippen LogP contribution in [0.2, 0.25) is 0 Å². The minimum Gasteiger partial charge on any atom is -0.342 e. The number of carbonyl (C=O) groups excluding carboxylic acids is 1. The van der Waals surface area contributed by atoms with Crippen molar-refractivity contribution in [3.8, 4) is 0 Å². The van der Waals surface area contributed by atoms with E-state index in [9.17, 15) is 4.79 Å². The van der Waals surface area contributed by atoms with Gasteiger partial charge in [-0.25, -0.2) is 9.67 Å². The predicted molar refractivity (Wildman–Crippen MR) is 119 cm³/mol. The van der Waals surface area contributed by atoms with E-state index in [4.69, 9.17) is 5.10 Å². The molecule has 2 heterocycles. The maximum atomic E-state index is 13.4. The topological polar surface area (TPSA) is 72.2 Å². The van der Waals surface area contributed by atoms with E-state index in [0.717, 1.165) is 29.8 Å². The van der Waals surface area contributed by atoms with Gasteiger partial charge in [0.05, 0.1) is 17.4 Å². The van der Waals surface area contributed by atoms with Crippen LogP contribution in [0.3, 0.4) is 0 Å². The van der Waals surface area contributed by atoms with E-state index in [1.807, 2.05) is 35.9 Å². The zero-order valence-corrected chi connectivity index (χ0v) is 18.1. The Morgan fingerprint density at radius 2 is 2.20 bits per heavy atom. The molecule has 1 saturated carbocycles. The van der Waals surface area contributed by atoms with E-state index in [1.165, 1.54) is 0 Å². The van der Waals surface area contributed by atoms with Crippen LogP contribution in [0.5, 0.6) is 0 Å². The molecule has 1 fully saturated rings. The Kier molecular flexibility index (Phi) is 5.18. The molecule has 0 radical (unpaired) electrons. The summed E-state index contributed by atoms with van der Waals surface area (Å²) in [6.45, 7) is 12.1. The van der Waals surface area contributed by atoms with E-state index >= 15 is 0 Å². The molecule has 30 heavy (non-hydrogen) atoms. The summed E-state index contributed by atoms with van der Waals surface area (Å²) in [6.07, 6.45) is 9.10. The maximum absolute atomic E-state index is 13.4. The molecule has 1 N–H and O–H groups in total. The van der Waals surface area contributed by atoms with Crippen molar-refractivity contribution in [3.05, 3.63) is 72.0 Å². The summed E-state index contributed by atoms with van der Waals surface area (Å²) in [4.78, 5) is 22.3. The number of aliphatic imine (C=N–C) groups is 1. The molecule has 0 aliphatic heterocycles. The number of amides is 1. The Labute approximate surface area is 177 Å². The van der Waals surface area contributed by atoms with Crippen LogP contribution in [0.15, 0.2) is 54.3 Å².